The Morgan fingerprint density at radius 2 is 1.94 bits per heavy atom. The third kappa shape index (κ3) is 2.73. The third-order valence-electron chi connectivity index (χ3n) is 2.76. The number of anilines is 1. The molecule has 2 aromatic rings. The topological polar surface area (TPSA) is 24.9 Å². The van der Waals surface area contributed by atoms with E-state index in [2.05, 4.69) is 26.2 Å². The number of hydrogen-bond acceptors (Lipinski definition) is 2. The molecular formula is C13H13BrCl2N2. The molecule has 1 aromatic carbocycles. The number of rotatable bonds is 4. The van der Waals surface area contributed by atoms with Gasteiger partial charge in [0, 0.05) is 33.2 Å². The number of halogens is 3. The van der Waals surface area contributed by atoms with Crippen molar-refractivity contribution < 1.29 is 0 Å². The van der Waals surface area contributed by atoms with Gasteiger partial charge in [-0.2, -0.15) is 0 Å². The van der Waals surface area contributed by atoms with Crippen molar-refractivity contribution in [2.75, 3.05) is 17.1 Å². The van der Waals surface area contributed by atoms with Gasteiger partial charge in [0.2, 0.25) is 0 Å². The standard InChI is InChI=1S/C13H13BrCl2N2/c1-13(7-15,8-16)18-12-10-3-2-4-11(14)9(10)5-6-17-12/h2-6H,7-8H2,1H3,(H,17,18). The number of benzene rings is 1. The third-order valence-corrected chi connectivity index (χ3v) is 4.63. The molecule has 1 heterocycles. The van der Waals surface area contributed by atoms with Gasteiger partial charge in [0.05, 0.1) is 5.54 Å². The molecule has 0 radical (unpaired) electrons. The highest BCUT2D eigenvalue weighted by Crippen LogP contribution is 2.29. The van der Waals surface area contributed by atoms with Gasteiger partial charge >= 0.3 is 0 Å². The summed E-state index contributed by atoms with van der Waals surface area (Å²) >= 11 is 15.5. The molecule has 0 amide bonds. The molecule has 1 aromatic heterocycles. The van der Waals surface area contributed by atoms with Gasteiger partial charge < -0.3 is 5.32 Å². The molecule has 0 aliphatic heterocycles. The van der Waals surface area contributed by atoms with Crippen LogP contribution >= 0.6 is 39.1 Å². The van der Waals surface area contributed by atoms with E-state index in [4.69, 9.17) is 23.2 Å². The molecule has 2 rings (SSSR count). The fraction of sp³-hybridized carbons (Fsp3) is 0.308. The van der Waals surface area contributed by atoms with Gasteiger partial charge in [0.25, 0.3) is 0 Å². The lowest BCUT2D eigenvalue weighted by molar-refractivity contribution is 0.646. The van der Waals surface area contributed by atoms with Crippen LogP contribution in [0.3, 0.4) is 0 Å². The molecule has 0 aliphatic rings. The highest BCUT2D eigenvalue weighted by Gasteiger charge is 2.23. The van der Waals surface area contributed by atoms with Crippen LogP contribution < -0.4 is 5.32 Å². The molecule has 0 saturated heterocycles. The highest BCUT2D eigenvalue weighted by atomic mass is 79.9. The summed E-state index contributed by atoms with van der Waals surface area (Å²) in [6.45, 7) is 1.98. The molecule has 0 bridgehead atoms. The van der Waals surface area contributed by atoms with Crippen LogP contribution in [0, 0.1) is 0 Å². The Hall–Kier alpha value is -0.510. The van der Waals surface area contributed by atoms with Crippen molar-refractivity contribution in [3.05, 3.63) is 34.9 Å². The number of fused-ring (bicyclic) bond motifs is 1. The second kappa shape index (κ2) is 5.64. The summed E-state index contributed by atoms with van der Waals surface area (Å²) in [6.07, 6.45) is 1.78. The lowest BCUT2D eigenvalue weighted by Gasteiger charge is -2.27. The van der Waals surface area contributed by atoms with Gasteiger partial charge in [0.15, 0.2) is 0 Å². The van der Waals surface area contributed by atoms with E-state index in [-0.39, 0.29) is 5.54 Å². The highest BCUT2D eigenvalue weighted by molar-refractivity contribution is 9.10. The zero-order chi connectivity index (χ0) is 13.2. The van der Waals surface area contributed by atoms with E-state index in [0.29, 0.717) is 11.8 Å². The van der Waals surface area contributed by atoms with Crippen molar-refractivity contribution in [1.82, 2.24) is 4.98 Å². The summed E-state index contributed by atoms with van der Waals surface area (Å²) in [5.41, 5.74) is -0.368. The Labute approximate surface area is 125 Å². The lowest BCUT2D eigenvalue weighted by Crippen LogP contribution is -2.39. The quantitative estimate of drug-likeness (QED) is 0.814. The summed E-state index contributed by atoms with van der Waals surface area (Å²) in [6, 6.07) is 7.99. The first-order valence-electron chi connectivity index (χ1n) is 5.53. The van der Waals surface area contributed by atoms with Crippen molar-refractivity contribution >= 4 is 55.7 Å². The number of nitrogens with one attached hydrogen (secondary N) is 1. The molecule has 18 heavy (non-hydrogen) atoms. The van der Waals surface area contributed by atoms with Gasteiger partial charge in [-0.05, 0) is 19.1 Å². The fourth-order valence-corrected chi connectivity index (χ4v) is 2.57. The minimum atomic E-state index is -0.368. The Morgan fingerprint density at radius 1 is 1.22 bits per heavy atom. The Morgan fingerprint density at radius 3 is 2.61 bits per heavy atom. The largest absolute Gasteiger partial charge is 0.362 e. The molecule has 1 N–H and O–H groups in total. The van der Waals surface area contributed by atoms with Crippen LogP contribution in [0.25, 0.3) is 10.8 Å². The van der Waals surface area contributed by atoms with Crippen LogP contribution in [-0.2, 0) is 0 Å². The first-order valence-corrected chi connectivity index (χ1v) is 7.39. The van der Waals surface area contributed by atoms with E-state index in [1.807, 2.05) is 31.2 Å². The minimum Gasteiger partial charge on any atom is -0.362 e. The minimum absolute atomic E-state index is 0.368. The van der Waals surface area contributed by atoms with Crippen molar-refractivity contribution in [2.45, 2.75) is 12.5 Å². The zero-order valence-electron chi connectivity index (χ0n) is 9.88. The smallest absolute Gasteiger partial charge is 0.134 e. The van der Waals surface area contributed by atoms with Gasteiger partial charge in [-0.3, -0.25) is 0 Å². The maximum atomic E-state index is 5.96. The molecule has 0 saturated carbocycles. The summed E-state index contributed by atoms with van der Waals surface area (Å²) in [5.74, 6) is 1.64. The van der Waals surface area contributed by atoms with Crippen LogP contribution in [0.1, 0.15) is 6.92 Å². The predicted molar refractivity (Wildman–Crippen MR) is 82.9 cm³/mol. The van der Waals surface area contributed by atoms with Crippen LogP contribution in [0.15, 0.2) is 34.9 Å². The predicted octanol–water partition coefficient (Wildman–Crippen LogP) is 4.65. The average molecular weight is 348 g/mol. The van der Waals surface area contributed by atoms with Crippen molar-refractivity contribution in [2.24, 2.45) is 0 Å². The van der Waals surface area contributed by atoms with E-state index in [1.54, 1.807) is 6.20 Å². The maximum absolute atomic E-state index is 5.96. The number of nitrogens with zero attached hydrogens (tertiary/aromatic N) is 1. The van der Waals surface area contributed by atoms with Crippen molar-refractivity contribution in [1.29, 1.82) is 0 Å². The zero-order valence-corrected chi connectivity index (χ0v) is 13.0. The molecule has 0 fully saturated rings. The SMILES string of the molecule is CC(CCl)(CCl)Nc1nccc2c(Br)cccc12. The normalized spacial score (nSPS) is 11.8. The Balaban J connectivity index is 2.49. The monoisotopic (exact) mass is 346 g/mol. The van der Waals surface area contributed by atoms with E-state index >= 15 is 0 Å². The van der Waals surface area contributed by atoms with E-state index < -0.39 is 0 Å². The van der Waals surface area contributed by atoms with Crippen LogP contribution in [0.4, 0.5) is 5.82 Å². The lowest BCUT2D eigenvalue weighted by atomic mass is 10.1. The number of alkyl halides is 2. The summed E-state index contributed by atoms with van der Waals surface area (Å²) in [7, 11) is 0. The van der Waals surface area contributed by atoms with Crippen molar-refractivity contribution in [3.8, 4) is 0 Å². The molecular weight excluding hydrogens is 335 g/mol. The molecule has 5 heteroatoms. The first-order chi connectivity index (χ1) is 8.59. The Kier molecular flexibility index (Phi) is 4.36. The van der Waals surface area contributed by atoms with Gasteiger partial charge in [-0.15, -0.1) is 23.2 Å². The number of aromatic nitrogens is 1. The van der Waals surface area contributed by atoms with E-state index in [1.165, 1.54) is 0 Å². The van der Waals surface area contributed by atoms with Crippen LogP contribution in [0.5, 0.6) is 0 Å². The maximum Gasteiger partial charge on any atom is 0.134 e. The summed E-state index contributed by atoms with van der Waals surface area (Å²) < 4.78 is 1.05. The van der Waals surface area contributed by atoms with Crippen molar-refractivity contribution in [3.63, 3.8) is 0 Å². The van der Waals surface area contributed by atoms with Crippen LogP contribution in [-0.4, -0.2) is 22.3 Å². The molecule has 96 valence electrons. The summed E-state index contributed by atoms with van der Waals surface area (Å²) in [5, 5.41) is 5.49. The van der Waals surface area contributed by atoms with Gasteiger partial charge in [-0.1, -0.05) is 28.1 Å². The second-order valence-electron chi connectivity index (χ2n) is 4.45. The van der Waals surface area contributed by atoms with E-state index in [0.717, 1.165) is 21.1 Å². The molecule has 0 aliphatic carbocycles. The Bertz CT molecular complexity index is 556. The van der Waals surface area contributed by atoms with Gasteiger partial charge in [-0.25, -0.2) is 4.98 Å². The fourth-order valence-electron chi connectivity index (χ4n) is 1.66. The molecule has 2 nitrogen and oxygen atoms in total. The summed E-state index contributed by atoms with van der Waals surface area (Å²) in [4.78, 5) is 4.38. The molecule has 0 spiro atoms. The molecule has 0 atom stereocenters. The van der Waals surface area contributed by atoms with Crippen LogP contribution in [0.2, 0.25) is 0 Å². The second-order valence-corrected chi connectivity index (χ2v) is 5.84. The number of pyridine rings is 1. The number of hydrogen-bond donors (Lipinski definition) is 1. The molecule has 0 unspecified atom stereocenters. The van der Waals surface area contributed by atoms with E-state index in [9.17, 15) is 0 Å². The first kappa shape index (κ1) is 13.9. The van der Waals surface area contributed by atoms with Gasteiger partial charge in [0.1, 0.15) is 5.82 Å². The average Bonchev–Trinajstić information content (AvgIpc) is 2.40.